The number of hydrogen-bond donors (Lipinski definition) is 0. The van der Waals surface area contributed by atoms with Crippen LogP contribution in [0, 0.1) is 13.8 Å². The van der Waals surface area contributed by atoms with Crippen LogP contribution in [0.3, 0.4) is 0 Å². The summed E-state index contributed by atoms with van der Waals surface area (Å²) in [4.78, 5) is 0. The van der Waals surface area contributed by atoms with Crippen LogP contribution in [0.2, 0.25) is 0 Å². The molecular formula is C36H30. The summed E-state index contributed by atoms with van der Waals surface area (Å²) in [5, 5.41) is 0. The average Bonchev–Trinajstić information content (AvgIpc) is 2.93. The van der Waals surface area contributed by atoms with Crippen molar-refractivity contribution in [3.8, 4) is 0 Å². The molecule has 0 spiro atoms. The van der Waals surface area contributed by atoms with Gasteiger partial charge in [-0.3, -0.25) is 0 Å². The van der Waals surface area contributed by atoms with Gasteiger partial charge in [-0.25, -0.2) is 0 Å². The Morgan fingerprint density at radius 3 is 1.00 bits per heavy atom. The van der Waals surface area contributed by atoms with E-state index < -0.39 is 0 Å². The van der Waals surface area contributed by atoms with Crippen LogP contribution in [0.15, 0.2) is 133 Å². The van der Waals surface area contributed by atoms with Gasteiger partial charge < -0.3 is 0 Å². The van der Waals surface area contributed by atoms with Gasteiger partial charge in [-0.1, -0.05) is 145 Å². The SMILES string of the molecule is Cc1ccc(C(=Cc2ccc(C=C(c3ccccc3)c3ccc(C)cc3)cc2)c2ccccc2)cc1. The van der Waals surface area contributed by atoms with Crippen molar-refractivity contribution in [2.45, 2.75) is 13.8 Å². The minimum Gasteiger partial charge on any atom is -0.0622 e. The molecule has 36 heavy (non-hydrogen) atoms. The smallest absolute Gasteiger partial charge is 0.0105 e. The monoisotopic (exact) mass is 462 g/mol. The van der Waals surface area contributed by atoms with E-state index in [9.17, 15) is 0 Å². The summed E-state index contributed by atoms with van der Waals surface area (Å²) in [6.45, 7) is 4.25. The van der Waals surface area contributed by atoms with Gasteiger partial charge in [0.25, 0.3) is 0 Å². The van der Waals surface area contributed by atoms with Crippen LogP contribution in [0.25, 0.3) is 23.3 Å². The van der Waals surface area contributed by atoms with Crippen molar-refractivity contribution < 1.29 is 0 Å². The van der Waals surface area contributed by atoms with Crippen LogP contribution in [0.4, 0.5) is 0 Å². The van der Waals surface area contributed by atoms with Gasteiger partial charge in [0.2, 0.25) is 0 Å². The molecule has 5 aromatic carbocycles. The van der Waals surface area contributed by atoms with Gasteiger partial charge in [-0.15, -0.1) is 0 Å². The number of benzene rings is 5. The molecule has 0 unspecified atom stereocenters. The van der Waals surface area contributed by atoms with Crippen LogP contribution in [0.1, 0.15) is 44.5 Å². The molecule has 0 saturated carbocycles. The number of hydrogen-bond acceptors (Lipinski definition) is 0. The molecule has 0 aliphatic heterocycles. The highest BCUT2D eigenvalue weighted by Crippen LogP contribution is 2.29. The molecule has 0 N–H and O–H groups in total. The minimum absolute atomic E-state index is 1.18. The van der Waals surface area contributed by atoms with Crippen molar-refractivity contribution in [2.24, 2.45) is 0 Å². The van der Waals surface area contributed by atoms with E-state index in [1.807, 2.05) is 0 Å². The molecule has 0 aliphatic rings. The van der Waals surface area contributed by atoms with Crippen LogP contribution >= 0.6 is 0 Å². The standard InChI is InChI=1S/C36H30/c1-27-13-21-33(22-14-27)35(31-9-5-3-6-10-31)25-29-17-19-30(20-18-29)26-36(32-11-7-4-8-12-32)34-23-15-28(2)16-24-34/h3-26H,1-2H3. The molecule has 0 nitrogen and oxygen atoms in total. The van der Waals surface area contributed by atoms with Gasteiger partial charge in [0.15, 0.2) is 0 Å². The topological polar surface area (TPSA) is 0 Å². The molecule has 5 aromatic rings. The largest absolute Gasteiger partial charge is 0.0622 e. The highest BCUT2D eigenvalue weighted by Gasteiger charge is 2.07. The van der Waals surface area contributed by atoms with Crippen molar-refractivity contribution >= 4 is 23.3 Å². The van der Waals surface area contributed by atoms with Crippen molar-refractivity contribution in [3.05, 3.63) is 178 Å². The lowest BCUT2D eigenvalue weighted by atomic mass is 9.93. The van der Waals surface area contributed by atoms with Crippen LogP contribution in [0.5, 0.6) is 0 Å². The Bertz CT molecular complexity index is 1350. The summed E-state index contributed by atoms with van der Waals surface area (Å²) in [6, 6.07) is 47.6. The Kier molecular flexibility index (Phi) is 7.05. The Morgan fingerprint density at radius 1 is 0.361 bits per heavy atom. The Morgan fingerprint density at radius 2 is 0.667 bits per heavy atom. The zero-order valence-electron chi connectivity index (χ0n) is 20.9. The summed E-state index contributed by atoms with van der Waals surface area (Å²) in [5.74, 6) is 0. The fraction of sp³-hybridized carbons (Fsp3) is 0.0556. The molecule has 0 aromatic heterocycles. The van der Waals surface area contributed by atoms with Gasteiger partial charge in [-0.05, 0) is 70.5 Å². The lowest BCUT2D eigenvalue weighted by Crippen LogP contribution is -1.90. The normalized spacial score (nSPS) is 11.9. The quantitative estimate of drug-likeness (QED) is 0.220. The van der Waals surface area contributed by atoms with E-state index in [0.29, 0.717) is 0 Å². The summed E-state index contributed by atoms with van der Waals surface area (Å²) in [6.07, 6.45) is 4.57. The third-order valence-electron chi connectivity index (χ3n) is 6.45. The fourth-order valence-electron chi connectivity index (χ4n) is 4.39. The average molecular weight is 463 g/mol. The summed E-state index contributed by atoms with van der Waals surface area (Å²) in [7, 11) is 0. The maximum atomic E-state index is 2.28. The van der Waals surface area contributed by atoms with Gasteiger partial charge in [0, 0.05) is 0 Å². The summed E-state index contributed by atoms with van der Waals surface area (Å²) in [5.41, 5.74) is 12.2. The van der Waals surface area contributed by atoms with Gasteiger partial charge in [0.1, 0.15) is 0 Å². The number of rotatable bonds is 6. The fourth-order valence-corrected chi connectivity index (χ4v) is 4.39. The van der Waals surface area contributed by atoms with E-state index in [4.69, 9.17) is 0 Å². The molecular weight excluding hydrogens is 432 g/mol. The first-order valence-corrected chi connectivity index (χ1v) is 12.4. The lowest BCUT2D eigenvalue weighted by molar-refractivity contribution is 1.45. The molecule has 174 valence electrons. The minimum atomic E-state index is 1.18. The maximum Gasteiger partial charge on any atom is -0.0105 e. The summed E-state index contributed by atoms with van der Waals surface area (Å²) >= 11 is 0. The highest BCUT2D eigenvalue weighted by atomic mass is 14.1. The van der Waals surface area contributed by atoms with E-state index in [1.165, 1.54) is 55.7 Å². The maximum absolute atomic E-state index is 2.28. The molecule has 0 aliphatic carbocycles. The van der Waals surface area contributed by atoms with E-state index >= 15 is 0 Å². The van der Waals surface area contributed by atoms with Gasteiger partial charge in [-0.2, -0.15) is 0 Å². The van der Waals surface area contributed by atoms with Gasteiger partial charge in [0.05, 0.1) is 0 Å². The summed E-state index contributed by atoms with van der Waals surface area (Å²) < 4.78 is 0. The lowest BCUT2D eigenvalue weighted by Gasteiger charge is -2.11. The molecule has 0 heteroatoms. The second-order valence-corrected chi connectivity index (χ2v) is 9.25. The predicted octanol–water partition coefficient (Wildman–Crippen LogP) is 9.48. The predicted molar refractivity (Wildman–Crippen MR) is 156 cm³/mol. The first-order chi connectivity index (χ1) is 17.7. The van der Waals surface area contributed by atoms with E-state index in [1.54, 1.807) is 0 Å². The number of aryl methyl sites for hydroxylation is 2. The van der Waals surface area contributed by atoms with E-state index in [-0.39, 0.29) is 0 Å². The van der Waals surface area contributed by atoms with E-state index in [0.717, 1.165) is 0 Å². The third-order valence-corrected chi connectivity index (χ3v) is 6.45. The van der Waals surface area contributed by atoms with Crippen molar-refractivity contribution in [1.29, 1.82) is 0 Å². The van der Waals surface area contributed by atoms with Crippen LogP contribution in [-0.2, 0) is 0 Å². The molecule has 0 radical (unpaired) electrons. The first kappa shape index (κ1) is 23.3. The third kappa shape index (κ3) is 5.62. The molecule has 0 saturated heterocycles. The van der Waals surface area contributed by atoms with E-state index in [2.05, 4.69) is 159 Å². The molecule has 0 atom stereocenters. The Labute approximate surface area is 214 Å². The molecule has 0 bridgehead atoms. The molecule has 0 fully saturated rings. The highest BCUT2D eigenvalue weighted by molar-refractivity contribution is 5.93. The van der Waals surface area contributed by atoms with Crippen molar-refractivity contribution in [3.63, 3.8) is 0 Å². The zero-order valence-corrected chi connectivity index (χ0v) is 20.9. The molecule has 0 amide bonds. The van der Waals surface area contributed by atoms with Crippen LogP contribution < -0.4 is 0 Å². The second-order valence-electron chi connectivity index (χ2n) is 9.25. The zero-order chi connectivity index (χ0) is 24.7. The van der Waals surface area contributed by atoms with Gasteiger partial charge >= 0.3 is 0 Å². The second kappa shape index (κ2) is 10.9. The Balaban J connectivity index is 1.52. The van der Waals surface area contributed by atoms with Crippen molar-refractivity contribution in [1.82, 2.24) is 0 Å². The Hall–Kier alpha value is -4.42. The van der Waals surface area contributed by atoms with Crippen molar-refractivity contribution in [2.75, 3.05) is 0 Å². The van der Waals surface area contributed by atoms with Crippen LogP contribution in [-0.4, -0.2) is 0 Å². The first-order valence-electron chi connectivity index (χ1n) is 12.4. The molecule has 5 rings (SSSR count). The molecule has 0 heterocycles.